The lowest BCUT2D eigenvalue weighted by Gasteiger charge is -2.24. The Morgan fingerprint density at radius 3 is 2.57 bits per heavy atom. The summed E-state index contributed by atoms with van der Waals surface area (Å²) in [7, 11) is 0. The lowest BCUT2D eigenvalue weighted by Crippen LogP contribution is -2.41. The molecule has 30 heavy (non-hydrogen) atoms. The molecular weight excluding hydrogens is 402 g/mol. The van der Waals surface area contributed by atoms with Crippen molar-refractivity contribution in [1.82, 2.24) is 9.88 Å². The van der Waals surface area contributed by atoms with Gasteiger partial charge in [-0.05, 0) is 25.2 Å². The number of hydrogen-bond donors (Lipinski definition) is 0. The molecule has 1 aliphatic heterocycles. The van der Waals surface area contributed by atoms with Crippen molar-refractivity contribution < 1.29 is 19.0 Å². The second-order valence-electron chi connectivity index (χ2n) is 6.84. The molecule has 0 unspecified atom stereocenters. The van der Waals surface area contributed by atoms with Crippen molar-refractivity contribution >= 4 is 32.6 Å². The number of carbonyl (C=O) groups excluding carboxylic acids is 1. The zero-order chi connectivity index (χ0) is 20.9. The van der Waals surface area contributed by atoms with Crippen molar-refractivity contribution in [3.05, 3.63) is 42.5 Å². The molecule has 0 radical (unpaired) electrons. The summed E-state index contributed by atoms with van der Waals surface area (Å²) in [5, 5.41) is 0.655. The molecule has 0 N–H and O–H groups in total. The number of aromatic nitrogens is 1. The van der Waals surface area contributed by atoms with E-state index in [-0.39, 0.29) is 19.3 Å². The predicted octanol–water partition coefficient (Wildman–Crippen LogP) is 3.78. The van der Waals surface area contributed by atoms with Gasteiger partial charge in [-0.2, -0.15) is 0 Å². The number of ether oxygens (including phenoxy) is 3. The number of fused-ring (bicyclic) bond motifs is 2. The van der Waals surface area contributed by atoms with Crippen LogP contribution in [0.1, 0.15) is 13.8 Å². The first-order chi connectivity index (χ1) is 14.7. The smallest absolute Gasteiger partial charge is 0.266 e. The summed E-state index contributed by atoms with van der Waals surface area (Å²) in [4.78, 5) is 21.8. The molecule has 1 aliphatic rings. The fourth-order valence-electron chi connectivity index (χ4n) is 3.27. The third-order valence-corrected chi connectivity index (χ3v) is 6.08. The molecule has 7 nitrogen and oxygen atoms in total. The SMILES string of the molecule is CCN(CC)CCN(C(=O)COc1ccccc1)c1nc2cc3c(cc2s1)OCO3. The molecule has 2 aromatic carbocycles. The molecule has 8 heteroatoms. The van der Waals surface area contributed by atoms with E-state index in [1.165, 1.54) is 11.3 Å². The van der Waals surface area contributed by atoms with Crippen molar-refractivity contribution in [3.8, 4) is 17.2 Å². The number of para-hydroxylation sites is 1. The van der Waals surface area contributed by atoms with E-state index in [9.17, 15) is 4.79 Å². The van der Waals surface area contributed by atoms with Gasteiger partial charge in [-0.15, -0.1) is 0 Å². The number of hydrogen-bond acceptors (Lipinski definition) is 7. The van der Waals surface area contributed by atoms with Gasteiger partial charge in [0.25, 0.3) is 5.91 Å². The maximum atomic E-state index is 13.1. The summed E-state index contributed by atoms with van der Waals surface area (Å²) in [5.74, 6) is 1.95. The summed E-state index contributed by atoms with van der Waals surface area (Å²) >= 11 is 1.47. The molecule has 0 saturated carbocycles. The number of nitrogens with zero attached hydrogens (tertiary/aromatic N) is 3. The van der Waals surface area contributed by atoms with Gasteiger partial charge < -0.3 is 19.1 Å². The summed E-state index contributed by atoms with van der Waals surface area (Å²) in [6, 6.07) is 13.2. The standard InChI is InChI=1S/C22H25N3O4S/c1-3-24(4-2)10-11-25(21(26)14-27-16-8-6-5-7-9-16)22-23-17-12-18-19(29-15-28-18)13-20(17)30-22/h5-9,12-13H,3-4,10-11,14-15H2,1-2H3. The van der Waals surface area contributed by atoms with Crippen LogP contribution < -0.4 is 19.1 Å². The molecule has 3 aromatic rings. The topological polar surface area (TPSA) is 64.1 Å². The van der Waals surface area contributed by atoms with E-state index in [1.54, 1.807) is 4.90 Å². The van der Waals surface area contributed by atoms with Crippen molar-refractivity contribution in [2.45, 2.75) is 13.8 Å². The maximum absolute atomic E-state index is 13.1. The molecule has 0 saturated heterocycles. The minimum absolute atomic E-state index is 0.0408. The zero-order valence-electron chi connectivity index (χ0n) is 17.2. The largest absolute Gasteiger partial charge is 0.484 e. The fraction of sp³-hybridized carbons (Fsp3) is 0.364. The van der Waals surface area contributed by atoms with Crippen molar-refractivity contribution in [3.63, 3.8) is 0 Å². The molecule has 0 atom stereocenters. The average molecular weight is 428 g/mol. The Morgan fingerprint density at radius 2 is 1.83 bits per heavy atom. The number of amides is 1. The number of thiazole rings is 1. The number of anilines is 1. The van der Waals surface area contributed by atoms with Crippen molar-refractivity contribution in [2.75, 3.05) is 44.5 Å². The van der Waals surface area contributed by atoms with Gasteiger partial charge in [-0.25, -0.2) is 4.98 Å². The normalized spacial score (nSPS) is 12.5. The van der Waals surface area contributed by atoms with Crippen LogP contribution in [-0.2, 0) is 4.79 Å². The Labute approximate surface area is 179 Å². The molecular formula is C22H25N3O4S. The Balaban J connectivity index is 1.56. The van der Waals surface area contributed by atoms with Crippen molar-refractivity contribution in [2.24, 2.45) is 0 Å². The first-order valence-corrected chi connectivity index (χ1v) is 10.9. The Bertz CT molecular complexity index is 963. The summed E-state index contributed by atoms with van der Waals surface area (Å²) in [6.07, 6.45) is 0. The number of carbonyl (C=O) groups is 1. The van der Waals surface area contributed by atoms with E-state index in [0.29, 0.717) is 28.9 Å². The number of benzene rings is 2. The fourth-order valence-corrected chi connectivity index (χ4v) is 4.29. The van der Waals surface area contributed by atoms with E-state index < -0.39 is 0 Å². The van der Waals surface area contributed by atoms with Crippen LogP contribution in [0.4, 0.5) is 5.13 Å². The lowest BCUT2D eigenvalue weighted by atomic mass is 10.3. The average Bonchev–Trinajstić information content (AvgIpc) is 3.40. The third kappa shape index (κ3) is 4.49. The van der Waals surface area contributed by atoms with Gasteiger partial charge in [-0.1, -0.05) is 43.4 Å². The van der Waals surface area contributed by atoms with Crippen molar-refractivity contribution in [1.29, 1.82) is 0 Å². The molecule has 1 aromatic heterocycles. The zero-order valence-corrected chi connectivity index (χ0v) is 18.0. The van der Waals surface area contributed by atoms with E-state index in [4.69, 9.17) is 19.2 Å². The minimum atomic E-state index is -0.120. The van der Waals surface area contributed by atoms with Crippen LogP contribution in [0.5, 0.6) is 17.2 Å². The molecule has 4 rings (SSSR count). The molecule has 0 spiro atoms. The van der Waals surface area contributed by atoms with Gasteiger partial charge >= 0.3 is 0 Å². The molecule has 2 heterocycles. The van der Waals surface area contributed by atoms with Gasteiger partial charge in [0, 0.05) is 25.2 Å². The predicted molar refractivity (Wildman–Crippen MR) is 118 cm³/mol. The highest BCUT2D eigenvalue weighted by molar-refractivity contribution is 7.22. The third-order valence-electron chi connectivity index (χ3n) is 5.04. The highest BCUT2D eigenvalue weighted by Gasteiger charge is 2.23. The van der Waals surface area contributed by atoms with Gasteiger partial charge in [0.2, 0.25) is 6.79 Å². The Morgan fingerprint density at radius 1 is 1.10 bits per heavy atom. The van der Waals surface area contributed by atoms with Gasteiger partial charge in [0.1, 0.15) is 5.75 Å². The highest BCUT2D eigenvalue weighted by Crippen LogP contribution is 2.39. The summed E-state index contributed by atoms with van der Waals surface area (Å²) < 4.78 is 17.6. The van der Waals surface area contributed by atoms with Crippen LogP contribution in [0.15, 0.2) is 42.5 Å². The maximum Gasteiger partial charge on any atom is 0.266 e. The minimum Gasteiger partial charge on any atom is -0.484 e. The van der Waals surface area contributed by atoms with Crippen LogP contribution in [0.3, 0.4) is 0 Å². The van der Waals surface area contributed by atoms with Gasteiger partial charge in [0.05, 0.1) is 10.2 Å². The number of rotatable bonds is 9. The number of likely N-dealkylation sites (N-methyl/N-ethyl adjacent to an activating group) is 1. The van der Waals surface area contributed by atoms with E-state index in [0.717, 1.165) is 29.9 Å². The van der Waals surface area contributed by atoms with E-state index in [1.807, 2.05) is 42.5 Å². The lowest BCUT2D eigenvalue weighted by molar-refractivity contribution is -0.120. The first kappa shape index (κ1) is 20.4. The van der Waals surface area contributed by atoms with Gasteiger partial charge in [-0.3, -0.25) is 9.69 Å². The Kier molecular flexibility index (Phi) is 6.35. The van der Waals surface area contributed by atoms with E-state index >= 15 is 0 Å². The molecule has 158 valence electrons. The molecule has 0 aliphatic carbocycles. The van der Waals surface area contributed by atoms with E-state index in [2.05, 4.69) is 18.7 Å². The van der Waals surface area contributed by atoms with Crippen LogP contribution in [0, 0.1) is 0 Å². The second kappa shape index (κ2) is 9.32. The second-order valence-corrected chi connectivity index (χ2v) is 7.85. The quantitative estimate of drug-likeness (QED) is 0.518. The Hall–Kier alpha value is -2.84. The van der Waals surface area contributed by atoms with Crippen LogP contribution >= 0.6 is 11.3 Å². The van der Waals surface area contributed by atoms with Gasteiger partial charge in [0.15, 0.2) is 23.2 Å². The summed E-state index contributed by atoms with van der Waals surface area (Å²) in [5.41, 5.74) is 0.795. The van der Waals surface area contributed by atoms with Crippen LogP contribution in [0.25, 0.3) is 10.2 Å². The highest BCUT2D eigenvalue weighted by atomic mass is 32.1. The van der Waals surface area contributed by atoms with Crippen LogP contribution in [-0.4, -0.2) is 55.4 Å². The molecule has 1 amide bonds. The summed E-state index contributed by atoms with van der Waals surface area (Å²) in [6.45, 7) is 7.60. The molecule has 0 fully saturated rings. The van der Waals surface area contributed by atoms with Crippen LogP contribution in [0.2, 0.25) is 0 Å². The first-order valence-electron chi connectivity index (χ1n) is 10.1. The monoisotopic (exact) mass is 427 g/mol. The molecule has 0 bridgehead atoms.